The zero-order valence-electron chi connectivity index (χ0n) is 8.59. The van der Waals surface area contributed by atoms with Gasteiger partial charge in [0.25, 0.3) is 0 Å². The smallest absolute Gasteiger partial charge is 0.0641 e. The number of nitrogens with zero attached hydrogens (tertiary/aromatic N) is 2. The second-order valence-electron chi connectivity index (χ2n) is 3.15. The highest BCUT2D eigenvalue weighted by atomic mass is 15.3. The molecule has 1 rings (SSSR count). The minimum Gasteiger partial charge on any atom is -0.316 e. The number of hydrogen-bond donors (Lipinski definition) is 1. The van der Waals surface area contributed by atoms with Crippen molar-refractivity contribution < 1.29 is 0 Å². The van der Waals surface area contributed by atoms with Gasteiger partial charge in [-0.05, 0) is 20.9 Å². The van der Waals surface area contributed by atoms with Gasteiger partial charge in [0.05, 0.1) is 12.2 Å². The predicted molar refractivity (Wildman–Crippen MR) is 54.7 cm³/mol. The van der Waals surface area contributed by atoms with E-state index in [0.717, 1.165) is 18.8 Å². The van der Waals surface area contributed by atoms with E-state index in [0.29, 0.717) is 0 Å². The quantitative estimate of drug-likeness (QED) is 0.708. The van der Waals surface area contributed by atoms with Gasteiger partial charge in [-0.3, -0.25) is 4.68 Å². The largest absolute Gasteiger partial charge is 0.316 e. The molecule has 0 bridgehead atoms. The van der Waals surface area contributed by atoms with Gasteiger partial charge in [-0.25, -0.2) is 0 Å². The molecule has 0 radical (unpaired) electrons. The molecule has 0 spiro atoms. The van der Waals surface area contributed by atoms with E-state index in [1.807, 2.05) is 24.7 Å². The molecule has 72 valence electrons. The third-order valence-electron chi connectivity index (χ3n) is 2.19. The average molecular weight is 179 g/mol. The van der Waals surface area contributed by atoms with E-state index in [-0.39, 0.29) is 0 Å². The van der Waals surface area contributed by atoms with E-state index in [4.69, 9.17) is 0 Å². The maximum Gasteiger partial charge on any atom is 0.0641 e. The van der Waals surface area contributed by atoms with E-state index in [2.05, 4.69) is 23.9 Å². The molecule has 0 fully saturated rings. The Bertz CT molecular complexity index is 299. The molecule has 0 saturated carbocycles. The molecule has 0 unspecified atom stereocenters. The van der Waals surface area contributed by atoms with E-state index in [9.17, 15) is 0 Å². The number of hydrogen-bond acceptors (Lipinski definition) is 2. The molecular weight excluding hydrogens is 162 g/mol. The van der Waals surface area contributed by atoms with Crippen molar-refractivity contribution in [1.29, 1.82) is 0 Å². The molecule has 3 nitrogen and oxygen atoms in total. The first kappa shape index (κ1) is 9.99. The maximum atomic E-state index is 4.42. The topological polar surface area (TPSA) is 29.9 Å². The lowest BCUT2D eigenvalue weighted by atomic mass is 10.2. The molecule has 0 atom stereocenters. The van der Waals surface area contributed by atoms with Crippen molar-refractivity contribution in [2.45, 2.75) is 26.9 Å². The summed E-state index contributed by atoms with van der Waals surface area (Å²) >= 11 is 0. The van der Waals surface area contributed by atoms with Gasteiger partial charge in [-0.2, -0.15) is 5.10 Å². The van der Waals surface area contributed by atoms with Crippen molar-refractivity contribution in [3.63, 3.8) is 0 Å². The van der Waals surface area contributed by atoms with Crippen molar-refractivity contribution in [2.75, 3.05) is 7.05 Å². The fourth-order valence-corrected chi connectivity index (χ4v) is 1.47. The average Bonchev–Trinajstić information content (AvgIpc) is 2.34. The van der Waals surface area contributed by atoms with E-state index >= 15 is 0 Å². The lowest BCUT2D eigenvalue weighted by Gasteiger charge is -2.01. The van der Waals surface area contributed by atoms with Crippen LogP contribution in [0.2, 0.25) is 0 Å². The predicted octanol–water partition coefficient (Wildman–Crippen LogP) is 1.41. The first-order chi connectivity index (χ1) is 6.20. The van der Waals surface area contributed by atoms with Crippen LogP contribution in [0.1, 0.15) is 17.0 Å². The summed E-state index contributed by atoms with van der Waals surface area (Å²) in [7, 11) is 1.95. The molecule has 0 aliphatic rings. The molecule has 3 heteroatoms. The summed E-state index contributed by atoms with van der Waals surface area (Å²) in [4.78, 5) is 0. The molecule has 0 aromatic carbocycles. The lowest BCUT2D eigenvalue weighted by molar-refractivity contribution is 0.671. The number of aryl methyl sites for hydroxylation is 1. The maximum absolute atomic E-state index is 4.42. The fourth-order valence-electron chi connectivity index (χ4n) is 1.47. The van der Waals surface area contributed by atoms with Crippen molar-refractivity contribution in [2.24, 2.45) is 0 Å². The standard InChI is InChI=1S/C10H17N3/c1-5-6-13-9(3)10(7-11-4)8(2)12-13/h5,11H,1,6-7H2,2-4H3. The summed E-state index contributed by atoms with van der Waals surface area (Å²) in [5, 5.41) is 7.57. The van der Waals surface area contributed by atoms with Crippen LogP contribution in [0.3, 0.4) is 0 Å². The van der Waals surface area contributed by atoms with Gasteiger partial charge >= 0.3 is 0 Å². The van der Waals surface area contributed by atoms with Crippen molar-refractivity contribution in [3.8, 4) is 0 Å². The van der Waals surface area contributed by atoms with E-state index in [1.165, 1.54) is 11.3 Å². The first-order valence-corrected chi connectivity index (χ1v) is 4.49. The van der Waals surface area contributed by atoms with Crippen LogP contribution in [0.15, 0.2) is 12.7 Å². The van der Waals surface area contributed by atoms with Crippen LogP contribution in [0.5, 0.6) is 0 Å². The molecule has 13 heavy (non-hydrogen) atoms. The zero-order valence-corrected chi connectivity index (χ0v) is 8.59. The van der Waals surface area contributed by atoms with Gasteiger partial charge in [-0.15, -0.1) is 6.58 Å². The van der Waals surface area contributed by atoms with Gasteiger partial charge in [0.1, 0.15) is 0 Å². The van der Waals surface area contributed by atoms with Crippen LogP contribution < -0.4 is 5.32 Å². The van der Waals surface area contributed by atoms with E-state index < -0.39 is 0 Å². The van der Waals surface area contributed by atoms with Gasteiger partial charge in [0, 0.05) is 17.8 Å². The normalized spacial score (nSPS) is 10.4. The van der Waals surface area contributed by atoms with Gasteiger partial charge in [-0.1, -0.05) is 6.08 Å². The molecule has 0 aliphatic heterocycles. The summed E-state index contributed by atoms with van der Waals surface area (Å²) < 4.78 is 1.98. The van der Waals surface area contributed by atoms with Crippen LogP contribution in [-0.4, -0.2) is 16.8 Å². The third kappa shape index (κ3) is 1.98. The van der Waals surface area contributed by atoms with Crippen molar-refractivity contribution >= 4 is 0 Å². The fraction of sp³-hybridized carbons (Fsp3) is 0.500. The molecule has 0 amide bonds. The SMILES string of the molecule is C=CCn1nc(C)c(CNC)c1C. The Hall–Kier alpha value is -1.09. The number of nitrogens with one attached hydrogen (secondary N) is 1. The van der Waals surface area contributed by atoms with E-state index in [1.54, 1.807) is 0 Å². The Kier molecular flexibility index (Phi) is 3.25. The molecule has 0 saturated heterocycles. The minimum absolute atomic E-state index is 0.788. The second kappa shape index (κ2) is 4.23. The molecule has 1 N–H and O–H groups in total. The summed E-state index contributed by atoms with van der Waals surface area (Å²) in [5.74, 6) is 0. The Morgan fingerprint density at radius 3 is 2.77 bits per heavy atom. The Balaban J connectivity index is 2.99. The molecule has 1 heterocycles. The van der Waals surface area contributed by atoms with Crippen molar-refractivity contribution in [3.05, 3.63) is 29.6 Å². The zero-order chi connectivity index (χ0) is 9.84. The Labute approximate surface area is 79.5 Å². The Morgan fingerprint density at radius 2 is 2.23 bits per heavy atom. The van der Waals surface area contributed by atoms with Crippen LogP contribution >= 0.6 is 0 Å². The first-order valence-electron chi connectivity index (χ1n) is 4.49. The monoisotopic (exact) mass is 179 g/mol. The third-order valence-corrected chi connectivity index (χ3v) is 2.19. The summed E-state index contributed by atoms with van der Waals surface area (Å²) in [6.45, 7) is 9.51. The highest BCUT2D eigenvalue weighted by Crippen LogP contribution is 2.12. The van der Waals surface area contributed by atoms with Gasteiger partial charge in [0.15, 0.2) is 0 Å². The number of rotatable bonds is 4. The lowest BCUT2D eigenvalue weighted by Crippen LogP contribution is -2.07. The number of allylic oxidation sites excluding steroid dienone is 1. The van der Waals surface area contributed by atoms with Crippen LogP contribution in [-0.2, 0) is 13.1 Å². The molecule has 1 aromatic heterocycles. The van der Waals surface area contributed by atoms with Crippen LogP contribution in [0, 0.1) is 13.8 Å². The number of aromatic nitrogens is 2. The van der Waals surface area contributed by atoms with Crippen molar-refractivity contribution in [1.82, 2.24) is 15.1 Å². The highest BCUT2D eigenvalue weighted by Gasteiger charge is 2.08. The summed E-state index contributed by atoms with van der Waals surface area (Å²) in [6.07, 6.45) is 1.86. The Morgan fingerprint density at radius 1 is 1.54 bits per heavy atom. The molecule has 0 aliphatic carbocycles. The van der Waals surface area contributed by atoms with Crippen LogP contribution in [0.25, 0.3) is 0 Å². The van der Waals surface area contributed by atoms with Gasteiger partial charge in [0.2, 0.25) is 0 Å². The molecular formula is C10H17N3. The minimum atomic E-state index is 0.788. The van der Waals surface area contributed by atoms with Crippen LogP contribution in [0.4, 0.5) is 0 Å². The van der Waals surface area contributed by atoms with Gasteiger partial charge < -0.3 is 5.32 Å². The highest BCUT2D eigenvalue weighted by molar-refractivity contribution is 5.24. The molecule has 1 aromatic rings. The second-order valence-corrected chi connectivity index (χ2v) is 3.15. The summed E-state index contributed by atoms with van der Waals surface area (Å²) in [5.41, 5.74) is 3.63. The summed E-state index contributed by atoms with van der Waals surface area (Å²) in [6, 6.07) is 0.